The van der Waals surface area contributed by atoms with Crippen molar-refractivity contribution in [2.75, 3.05) is 0 Å². The number of hydrogen-bond donors (Lipinski definition) is 1. The first-order valence-electron chi connectivity index (χ1n) is 7.12. The molecule has 1 heterocycles. The minimum Gasteiger partial charge on any atom is -0.477 e. The van der Waals surface area contributed by atoms with Crippen LogP contribution in [0.3, 0.4) is 0 Å². The van der Waals surface area contributed by atoms with Crippen molar-refractivity contribution in [3.8, 4) is 0 Å². The van der Waals surface area contributed by atoms with Crippen LogP contribution in [-0.2, 0) is 6.54 Å². The number of carbonyl (C=O) groups is 1. The van der Waals surface area contributed by atoms with E-state index in [9.17, 15) is 14.7 Å². The first-order chi connectivity index (χ1) is 9.50. The maximum absolute atomic E-state index is 12.2. The Hall–Kier alpha value is -1.84. The van der Waals surface area contributed by atoms with E-state index in [2.05, 4.69) is 6.08 Å². The summed E-state index contributed by atoms with van der Waals surface area (Å²) in [6.45, 7) is 4.10. The van der Waals surface area contributed by atoms with E-state index in [1.807, 2.05) is 6.92 Å². The molecule has 0 atom stereocenters. The Kier molecular flexibility index (Phi) is 4.42. The molecular formula is C16H21NO3. The number of hydrogen-bond acceptors (Lipinski definition) is 2. The topological polar surface area (TPSA) is 59.3 Å². The van der Waals surface area contributed by atoms with Gasteiger partial charge in [-0.1, -0.05) is 11.6 Å². The summed E-state index contributed by atoms with van der Waals surface area (Å²) < 4.78 is 1.54. The van der Waals surface area contributed by atoms with Crippen LogP contribution in [0.1, 0.15) is 53.6 Å². The van der Waals surface area contributed by atoms with Gasteiger partial charge >= 0.3 is 5.97 Å². The van der Waals surface area contributed by atoms with E-state index in [-0.39, 0.29) is 5.56 Å². The molecule has 0 radical (unpaired) electrons. The highest BCUT2D eigenvalue weighted by Gasteiger charge is 2.16. The number of carboxylic acid groups (broad SMARTS) is 1. The van der Waals surface area contributed by atoms with Crippen LogP contribution in [0.2, 0.25) is 0 Å². The number of pyridine rings is 1. The van der Waals surface area contributed by atoms with E-state index in [0.29, 0.717) is 12.1 Å². The molecule has 1 N–H and O–H groups in total. The van der Waals surface area contributed by atoms with Crippen molar-refractivity contribution < 1.29 is 9.90 Å². The lowest BCUT2D eigenvalue weighted by Gasteiger charge is -2.15. The second kappa shape index (κ2) is 6.07. The number of allylic oxidation sites excluding steroid dienone is 2. The van der Waals surface area contributed by atoms with Gasteiger partial charge in [0.25, 0.3) is 5.56 Å². The van der Waals surface area contributed by atoms with Crippen LogP contribution in [0.25, 0.3) is 0 Å². The Morgan fingerprint density at radius 1 is 1.35 bits per heavy atom. The van der Waals surface area contributed by atoms with Crippen LogP contribution >= 0.6 is 0 Å². The summed E-state index contributed by atoms with van der Waals surface area (Å²) in [4.78, 5) is 23.4. The van der Waals surface area contributed by atoms with Crippen LogP contribution in [0.15, 0.2) is 22.6 Å². The number of nitrogens with zero attached hydrogens (tertiary/aromatic N) is 1. The van der Waals surface area contributed by atoms with Crippen molar-refractivity contribution in [1.82, 2.24) is 4.57 Å². The lowest BCUT2D eigenvalue weighted by molar-refractivity contribution is 0.0693. The first kappa shape index (κ1) is 14.6. The average Bonchev–Trinajstić information content (AvgIpc) is 2.42. The number of aromatic nitrogens is 1. The van der Waals surface area contributed by atoms with Gasteiger partial charge in [-0.05, 0) is 57.1 Å². The van der Waals surface area contributed by atoms with Crippen molar-refractivity contribution in [3.05, 3.63) is 44.9 Å². The number of aryl methyl sites for hydroxylation is 2. The normalized spacial score (nSPS) is 15.0. The third-order valence-electron chi connectivity index (χ3n) is 4.06. The molecule has 1 aliphatic rings. The fourth-order valence-electron chi connectivity index (χ4n) is 2.70. The average molecular weight is 275 g/mol. The van der Waals surface area contributed by atoms with Gasteiger partial charge in [-0.25, -0.2) is 4.79 Å². The van der Waals surface area contributed by atoms with Gasteiger partial charge in [0.05, 0.1) is 0 Å². The molecule has 0 amide bonds. The Morgan fingerprint density at radius 3 is 2.70 bits per heavy atom. The molecule has 1 aliphatic carbocycles. The molecule has 2 rings (SSSR count). The monoisotopic (exact) mass is 275 g/mol. The molecule has 0 bridgehead atoms. The zero-order chi connectivity index (χ0) is 14.7. The predicted octanol–water partition coefficient (Wildman–Crippen LogP) is 3.05. The zero-order valence-corrected chi connectivity index (χ0v) is 12.1. The third kappa shape index (κ3) is 3.00. The molecule has 0 saturated carbocycles. The summed E-state index contributed by atoms with van der Waals surface area (Å²) in [6, 6.07) is 0. The number of carboxylic acids is 1. The highest BCUT2D eigenvalue weighted by molar-refractivity contribution is 5.89. The molecule has 0 fully saturated rings. The molecule has 0 spiro atoms. The van der Waals surface area contributed by atoms with Gasteiger partial charge in [0.2, 0.25) is 0 Å². The largest absolute Gasteiger partial charge is 0.477 e. The van der Waals surface area contributed by atoms with Gasteiger partial charge in [-0.15, -0.1) is 0 Å². The Balaban J connectivity index is 2.26. The summed E-state index contributed by atoms with van der Waals surface area (Å²) in [5.74, 6) is -1.14. The Labute approximate surface area is 118 Å². The molecule has 108 valence electrons. The van der Waals surface area contributed by atoms with Crippen LogP contribution in [0.5, 0.6) is 0 Å². The van der Waals surface area contributed by atoms with Gasteiger partial charge in [0.15, 0.2) is 0 Å². The first-order valence-corrected chi connectivity index (χ1v) is 7.12. The molecular weight excluding hydrogens is 254 g/mol. The van der Waals surface area contributed by atoms with Crippen molar-refractivity contribution in [2.45, 2.75) is 52.5 Å². The highest BCUT2D eigenvalue weighted by Crippen LogP contribution is 2.20. The molecule has 0 saturated heterocycles. The Morgan fingerprint density at radius 2 is 2.10 bits per heavy atom. The van der Waals surface area contributed by atoms with Crippen LogP contribution in [0, 0.1) is 13.8 Å². The van der Waals surface area contributed by atoms with Gasteiger partial charge in [-0.3, -0.25) is 4.79 Å². The second-order valence-electron chi connectivity index (χ2n) is 5.47. The number of aromatic carboxylic acids is 1. The SMILES string of the molecule is Cc1cn(CCC2=CCCCC2)c(=O)c(C(=O)O)c1C. The van der Waals surface area contributed by atoms with Crippen LogP contribution in [-0.4, -0.2) is 15.6 Å². The van der Waals surface area contributed by atoms with Gasteiger partial charge in [0.1, 0.15) is 5.56 Å². The third-order valence-corrected chi connectivity index (χ3v) is 4.06. The van der Waals surface area contributed by atoms with E-state index in [0.717, 1.165) is 24.8 Å². The van der Waals surface area contributed by atoms with E-state index < -0.39 is 11.5 Å². The second-order valence-corrected chi connectivity index (χ2v) is 5.47. The fraction of sp³-hybridized carbons (Fsp3) is 0.500. The quantitative estimate of drug-likeness (QED) is 0.859. The zero-order valence-electron chi connectivity index (χ0n) is 12.1. The van der Waals surface area contributed by atoms with Crippen molar-refractivity contribution >= 4 is 5.97 Å². The minimum atomic E-state index is -1.14. The van der Waals surface area contributed by atoms with Gasteiger partial charge in [0, 0.05) is 12.7 Å². The van der Waals surface area contributed by atoms with Crippen molar-refractivity contribution in [1.29, 1.82) is 0 Å². The van der Waals surface area contributed by atoms with E-state index in [4.69, 9.17) is 0 Å². The lowest BCUT2D eigenvalue weighted by atomic mass is 9.97. The summed E-state index contributed by atoms with van der Waals surface area (Å²) in [7, 11) is 0. The maximum atomic E-state index is 12.2. The summed E-state index contributed by atoms with van der Waals surface area (Å²) in [5.41, 5.74) is 2.31. The van der Waals surface area contributed by atoms with Crippen LogP contribution < -0.4 is 5.56 Å². The molecule has 0 aromatic carbocycles. The summed E-state index contributed by atoms with van der Waals surface area (Å²) in [6.07, 6.45) is 9.55. The highest BCUT2D eigenvalue weighted by atomic mass is 16.4. The number of rotatable bonds is 4. The maximum Gasteiger partial charge on any atom is 0.341 e. The van der Waals surface area contributed by atoms with E-state index in [1.54, 1.807) is 17.7 Å². The molecule has 0 aliphatic heterocycles. The van der Waals surface area contributed by atoms with E-state index in [1.165, 1.54) is 18.4 Å². The van der Waals surface area contributed by atoms with Crippen molar-refractivity contribution in [2.24, 2.45) is 0 Å². The van der Waals surface area contributed by atoms with Crippen LogP contribution in [0.4, 0.5) is 0 Å². The minimum absolute atomic E-state index is 0.0948. The molecule has 20 heavy (non-hydrogen) atoms. The standard InChI is InChI=1S/C16H21NO3/c1-11-10-17(9-8-13-6-4-3-5-7-13)15(18)14(12(11)2)16(19)20/h6,10H,3-5,7-9H2,1-2H3,(H,19,20). The summed E-state index contributed by atoms with van der Waals surface area (Å²) in [5, 5.41) is 9.19. The fourth-order valence-corrected chi connectivity index (χ4v) is 2.70. The predicted molar refractivity (Wildman–Crippen MR) is 78.3 cm³/mol. The molecule has 1 aromatic heterocycles. The smallest absolute Gasteiger partial charge is 0.341 e. The lowest BCUT2D eigenvalue weighted by Crippen LogP contribution is -2.28. The summed E-state index contributed by atoms with van der Waals surface area (Å²) >= 11 is 0. The van der Waals surface area contributed by atoms with E-state index >= 15 is 0 Å². The van der Waals surface area contributed by atoms with Crippen molar-refractivity contribution in [3.63, 3.8) is 0 Å². The Bertz CT molecular complexity index is 611. The molecule has 1 aromatic rings. The molecule has 4 heteroatoms. The molecule has 0 unspecified atom stereocenters. The van der Waals surface area contributed by atoms with Gasteiger partial charge < -0.3 is 9.67 Å². The molecule has 4 nitrogen and oxygen atoms in total. The van der Waals surface area contributed by atoms with Gasteiger partial charge in [-0.2, -0.15) is 0 Å².